The van der Waals surface area contributed by atoms with Crippen LogP contribution < -0.4 is 0 Å². The minimum absolute atomic E-state index is 0.0367. The van der Waals surface area contributed by atoms with E-state index in [1.165, 1.54) is 29.5 Å². The highest BCUT2D eigenvalue weighted by Gasteiger charge is 2.17. The Hall–Kier alpha value is -2.47. The molecule has 4 nitrogen and oxygen atoms in total. The number of hydrogen-bond acceptors (Lipinski definition) is 5. The maximum Gasteiger partial charge on any atom is 0.277 e. The van der Waals surface area contributed by atoms with Crippen LogP contribution in [0.5, 0.6) is 0 Å². The minimum atomic E-state index is -0.326. The van der Waals surface area contributed by atoms with E-state index < -0.39 is 0 Å². The van der Waals surface area contributed by atoms with Crippen molar-refractivity contribution in [2.24, 2.45) is 0 Å². The van der Waals surface area contributed by atoms with Gasteiger partial charge in [0.1, 0.15) is 5.82 Å². The summed E-state index contributed by atoms with van der Waals surface area (Å²) in [5.41, 5.74) is 5.72. The molecule has 0 aliphatic rings. The van der Waals surface area contributed by atoms with E-state index in [-0.39, 0.29) is 17.4 Å². The molecular weight excluding hydrogens is 351 g/mol. The number of rotatable bonds is 5. The van der Waals surface area contributed by atoms with Crippen molar-refractivity contribution in [3.63, 3.8) is 0 Å². The van der Waals surface area contributed by atoms with E-state index in [1.807, 2.05) is 33.8 Å². The van der Waals surface area contributed by atoms with Gasteiger partial charge >= 0.3 is 0 Å². The third-order valence-corrected chi connectivity index (χ3v) is 5.28. The van der Waals surface area contributed by atoms with Crippen LogP contribution in [-0.4, -0.2) is 21.7 Å². The van der Waals surface area contributed by atoms with Crippen LogP contribution in [0.4, 0.5) is 4.39 Å². The number of halogens is 1. The third kappa shape index (κ3) is 3.70. The Morgan fingerprint density at radius 3 is 2.42 bits per heavy atom. The van der Waals surface area contributed by atoms with Crippen LogP contribution in [-0.2, 0) is 0 Å². The van der Waals surface area contributed by atoms with Crippen LogP contribution >= 0.6 is 11.8 Å². The SMILES string of the molecule is Cc1cc(C)c(C(=O)CSc2nnc(-c3ccc(F)cc3)o2)c(C)c1C. The Morgan fingerprint density at radius 1 is 1.04 bits per heavy atom. The van der Waals surface area contributed by atoms with Gasteiger partial charge in [-0.25, -0.2) is 4.39 Å². The minimum Gasteiger partial charge on any atom is -0.411 e. The van der Waals surface area contributed by atoms with Gasteiger partial charge in [-0.05, 0) is 74.2 Å². The van der Waals surface area contributed by atoms with Crippen molar-refractivity contribution in [1.82, 2.24) is 10.2 Å². The molecule has 0 spiro atoms. The van der Waals surface area contributed by atoms with Crippen molar-refractivity contribution in [3.05, 3.63) is 64.0 Å². The molecule has 0 radical (unpaired) electrons. The summed E-state index contributed by atoms with van der Waals surface area (Å²) in [6, 6.07) is 7.86. The normalized spacial score (nSPS) is 11.0. The largest absolute Gasteiger partial charge is 0.411 e. The van der Waals surface area contributed by atoms with Gasteiger partial charge in [0.2, 0.25) is 5.89 Å². The van der Waals surface area contributed by atoms with Gasteiger partial charge in [-0.15, -0.1) is 10.2 Å². The molecule has 0 aliphatic heterocycles. The highest BCUT2D eigenvalue weighted by Crippen LogP contribution is 2.26. The molecule has 0 unspecified atom stereocenters. The first-order valence-electron chi connectivity index (χ1n) is 8.19. The Balaban J connectivity index is 1.73. The lowest BCUT2D eigenvalue weighted by atomic mass is 9.92. The fourth-order valence-corrected chi connectivity index (χ4v) is 3.53. The van der Waals surface area contributed by atoms with Gasteiger partial charge in [0.25, 0.3) is 5.22 Å². The average molecular weight is 370 g/mol. The number of carbonyl (C=O) groups is 1. The molecule has 3 aromatic rings. The number of Topliss-reactive ketones (excluding diaryl/α,β-unsaturated/α-hetero) is 1. The Morgan fingerprint density at radius 2 is 1.73 bits per heavy atom. The molecule has 0 saturated carbocycles. The molecule has 134 valence electrons. The lowest BCUT2D eigenvalue weighted by molar-refractivity contribution is 0.102. The molecule has 6 heteroatoms. The number of aromatic nitrogens is 2. The molecule has 0 aliphatic carbocycles. The molecule has 0 fully saturated rings. The smallest absolute Gasteiger partial charge is 0.277 e. The summed E-state index contributed by atoms with van der Waals surface area (Å²) in [5.74, 6) is 0.232. The van der Waals surface area contributed by atoms with Gasteiger partial charge in [0.15, 0.2) is 5.78 Å². The second-order valence-electron chi connectivity index (χ2n) is 6.23. The molecule has 0 bridgehead atoms. The van der Waals surface area contributed by atoms with Gasteiger partial charge in [0.05, 0.1) is 5.75 Å². The predicted molar refractivity (Wildman–Crippen MR) is 100 cm³/mol. The topological polar surface area (TPSA) is 56.0 Å². The zero-order chi connectivity index (χ0) is 18.8. The summed E-state index contributed by atoms with van der Waals surface area (Å²) >= 11 is 1.21. The monoisotopic (exact) mass is 370 g/mol. The maximum atomic E-state index is 13.0. The van der Waals surface area contributed by atoms with E-state index >= 15 is 0 Å². The molecule has 0 saturated heterocycles. The third-order valence-electron chi connectivity index (χ3n) is 4.46. The van der Waals surface area contributed by atoms with Crippen LogP contribution in [0.2, 0.25) is 0 Å². The van der Waals surface area contributed by atoms with Crippen LogP contribution in [0.1, 0.15) is 32.6 Å². The maximum absolute atomic E-state index is 13.0. The van der Waals surface area contributed by atoms with E-state index in [4.69, 9.17) is 4.42 Å². The number of carbonyl (C=O) groups excluding carboxylic acids is 1. The van der Waals surface area contributed by atoms with Crippen molar-refractivity contribution in [1.29, 1.82) is 0 Å². The van der Waals surface area contributed by atoms with Crippen molar-refractivity contribution >= 4 is 17.5 Å². The van der Waals surface area contributed by atoms with E-state index in [9.17, 15) is 9.18 Å². The quantitative estimate of drug-likeness (QED) is 0.463. The zero-order valence-electron chi connectivity index (χ0n) is 15.1. The number of nitrogens with zero attached hydrogens (tertiary/aromatic N) is 2. The summed E-state index contributed by atoms with van der Waals surface area (Å²) in [4.78, 5) is 12.7. The fourth-order valence-electron chi connectivity index (χ4n) is 2.89. The zero-order valence-corrected chi connectivity index (χ0v) is 15.9. The van der Waals surface area contributed by atoms with Crippen molar-refractivity contribution in [2.75, 3.05) is 5.75 Å². The summed E-state index contributed by atoms with van der Waals surface area (Å²) < 4.78 is 18.6. The van der Waals surface area contributed by atoms with Crippen molar-refractivity contribution in [2.45, 2.75) is 32.9 Å². The average Bonchev–Trinajstić information content (AvgIpc) is 3.07. The van der Waals surface area contributed by atoms with Crippen molar-refractivity contribution in [3.8, 4) is 11.5 Å². The highest BCUT2D eigenvalue weighted by atomic mass is 32.2. The summed E-state index contributed by atoms with van der Waals surface area (Å²) in [5, 5.41) is 8.23. The van der Waals surface area contributed by atoms with E-state index in [0.29, 0.717) is 16.7 Å². The number of hydrogen-bond donors (Lipinski definition) is 0. The van der Waals surface area contributed by atoms with Crippen LogP contribution in [0, 0.1) is 33.5 Å². The highest BCUT2D eigenvalue weighted by molar-refractivity contribution is 7.99. The predicted octanol–water partition coefficient (Wildman–Crippen LogP) is 5.08. The summed E-state index contributed by atoms with van der Waals surface area (Å²) in [6.07, 6.45) is 0. The van der Waals surface area contributed by atoms with Gasteiger partial charge in [0, 0.05) is 11.1 Å². The Labute approximate surface area is 155 Å². The Bertz CT molecular complexity index is 965. The lowest BCUT2D eigenvalue weighted by Crippen LogP contribution is -2.09. The molecule has 26 heavy (non-hydrogen) atoms. The number of aryl methyl sites for hydroxylation is 2. The molecular formula is C20H19FN2O2S. The lowest BCUT2D eigenvalue weighted by Gasteiger charge is -2.13. The number of benzene rings is 2. The second-order valence-corrected chi connectivity index (χ2v) is 7.15. The first-order valence-corrected chi connectivity index (χ1v) is 9.18. The van der Waals surface area contributed by atoms with Gasteiger partial charge in [-0.3, -0.25) is 4.79 Å². The molecule has 2 aromatic carbocycles. The molecule has 1 heterocycles. The van der Waals surface area contributed by atoms with Crippen LogP contribution in [0.3, 0.4) is 0 Å². The van der Waals surface area contributed by atoms with Gasteiger partial charge < -0.3 is 4.42 Å². The molecule has 0 amide bonds. The van der Waals surface area contributed by atoms with Crippen LogP contribution in [0.15, 0.2) is 40.0 Å². The van der Waals surface area contributed by atoms with E-state index in [1.54, 1.807) is 12.1 Å². The molecule has 0 N–H and O–H groups in total. The molecule has 1 aromatic heterocycles. The summed E-state index contributed by atoms with van der Waals surface area (Å²) in [7, 11) is 0. The van der Waals surface area contributed by atoms with E-state index in [2.05, 4.69) is 10.2 Å². The van der Waals surface area contributed by atoms with Gasteiger partial charge in [-0.2, -0.15) is 0 Å². The molecule has 3 rings (SSSR count). The first-order chi connectivity index (χ1) is 12.4. The first kappa shape index (κ1) is 18.3. The Kier molecular flexibility index (Phi) is 5.23. The molecule has 0 atom stereocenters. The standard InChI is InChI=1S/C20H19FN2O2S/c1-11-9-12(2)18(14(4)13(11)3)17(24)10-26-20-23-22-19(25-20)15-5-7-16(21)8-6-15/h5-9H,10H2,1-4H3. The second kappa shape index (κ2) is 7.41. The summed E-state index contributed by atoms with van der Waals surface area (Å²) in [6.45, 7) is 8.01. The number of ketones is 1. The number of thioether (sulfide) groups is 1. The fraction of sp³-hybridized carbons (Fsp3) is 0.250. The van der Waals surface area contributed by atoms with Crippen molar-refractivity contribution < 1.29 is 13.6 Å². The van der Waals surface area contributed by atoms with Gasteiger partial charge in [-0.1, -0.05) is 17.8 Å². The van der Waals surface area contributed by atoms with Crippen LogP contribution in [0.25, 0.3) is 11.5 Å². The van der Waals surface area contributed by atoms with E-state index in [0.717, 1.165) is 22.3 Å².